The molecule has 17 heavy (non-hydrogen) atoms. The van der Waals surface area contributed by atoms with Crippen molar-refractivity contribution in [3.8, 4) is 0 Å². The third-order valence-electron chi connectivity index (χ3n) is 1.91. The first kappa shape index (κ1) is 15.2. The average molecular weight is 292 g/mol. The van der Waals surface area contributed by atoms with Crippen LogP contribution in [-0.2, 0) is 22.7 Å². The van der Waals surface area contributed by atoms with Crippen LogP contribution in [0.2, 0.25) is 0 Å². The van der Waals surface area contributed by atoms with Crippen LogP contribution in [0, 0.1) is 0 Å². The van der Waals surface area contributed by atoms with Gasteiger partial charge >= 0.3 is 15.4 Å². The lowest BCUT2D eigenvalue weighted by Crippen LogP contribution is -2.32. The van der Waals surface area contributed by atoms with E-state index in [2.05, 4.69) is 8.83 Å². The molecule has 1 rings (SSSR count). The summed E-state index contributed by atoms with van der Waals surface area (Å²) < 4.78 is 35.1. The van der Waals surface area contributed by atoms with Gasteiger partial charge in [0.1, 0.15) is 18.3 Å². The van der Waals surface area contributed by atoms with Crippen molar-refractivity contribution in [1.29, 1.82) is 0 Å². The van der Waals surface area contributed by atoms with Crippen LogP contribution in [0.25, 0.3) is 0 Å². The molecule has 0 bridgehead atoms. The Morgan fingerprint density at radius 2 is 1.94 bits per heavy atom. The summed E-state index contributed by atoms with van der Waals surface area (Å²) in [7, 11) is -8.87. The fraction of sp³-hybridized carbons (Fsp3) is 1.00. The van der Waals surface area contributed by atoms with E-state index >= 15 is 0 Å². The third-order valence-corrected chi connectivity index (χ3v) is 4.43. The van der Waals surface area contributed by atoms with Gasteiger partial charge in [0.05, 0.1) is 13.2 Å². The quantitative estimate of drug-likeness (QED) is 0.472. The van der Waals surface area contributed by atoms with E-state index in [0.29, 0.717) is 0 Å². The van der Waals surface area contributed by atoms with Gasteiger partial charge in [0.2, 0.25) is 0 Å². The highest BCUT2D eigenvalue weighted by atomic mass is 31.3. The maximum atomic E-state index is 11.2. The molecular weight excluding hydrogens is 278 g/mol. The molecule has 1 aliphatic rings. The summed E-state index contributed by atoms with van der Waals surface area (Å²) in [5, 5.41) is 18.4. The number of hydrogen-bond donors (Lipinski definition) is 4. The van der Waals surface area contributed by atoms with Crippen molar-refractivity contribution in [2.75, 3.05) is 19.9 Å². The van der Waals surface area contributed by atoms with Gasteiger partial charge in [-0.2, -0.15) is 0 Å². The van der Waals surface area contributed by atoms with Gasteiger partial charge in [0, 0.05) is 6.66 Å². The highest BCUT2D eigenvalue weighted by Crippen LogP contribution is 2.57. The molecule has 0 aromatic rings. The Labute approximate surface area is 97.1 Å². The lowest BCUT2D eigenvalue weighted by atomic mass is 10.2. The van der Waals surface area contributed by atoms with E-state index in [1.165, 1.54) is 0 Å². The Morgan fingerprint density at radius 3 is 2.35 bits per heavy atom. The summed E-state index contributed by atoms with van der Waals surface area (Å²) >= 11 is 0. The topological polar surface area (TPSA) is 143 Å². The summed E-state index contributed by atoms with van der Waals surface area (Å²) in [6.45, 7) is 0.0496. The Kier molecular flexibility index (Phi) is 4.88. The average Bonchev–Trinajstić information content (AvgIpc) is 2.41. The first-order valence-corrected chi connectivity index (χ1v) is 8.09. The maximum Gasteiger partial charge on any atom is 0.479 e. The molecule has 0 radical (unpaired) electrons. The van der Waals surface area contributed by atoms with E-state index in [1.54, 1.807) is 0 Å². The largest absolute Gasteiger partial charge is 0.479 e. The molecule has 0 saturated carbocycles. The number of ether oxygens (including phenoxy) is 1. The van der Waals surface area contributed by atoms with Crippen molar-refractivity contribution in [3.63, 3.8) is 0 Å². The number of phosphoric acid groups is 1. The molecule has 4 unspecified atom stereocenters. The molecule has 5 atom stereocenters. The molecule has 102 valence electrons. The van der Waals surface area contributed by atoms with E-state index in [0.717, 1.165) is 6.66 Å². The minimum Gasteiger partial charge on any atom is -0.388 e. The minimum absolute atomic E-state index is 0.127. The maximum absolute atomic E-state index is 11.2. The van der Waals surface area contributed by atoms with Gasteiger partial charge in [0.15, 0.2) is 0 Å². The summed E-state index contributed by atoms with van der Waals surface area (Å²) in [5.74, 6) is 0. The molecule has 1 fully saturated rings. The van der Waals surface area contributed by atoms with Crippen LogP contribution in [0.1, 0.15) is 0 Å². The van der Waals surface area contributed by atoms with E-state index < -0.39 is 40.3 Å². The molecule has 4 N–H and O–H groups in total. The Morgan fingerprint density at radius 1 is 1.35 bits per heavy atom. The Balaban J connectivity index is 2.45. The zero-order valence-corrected chi connectivity index (χ0v) is 10.7. The molecule has 0 aliphatic carbocycles. The van der Waals surface area contributed by atoms with Crippen molar-refractivity contribution in [1.82, 2.24) is 0 Å². The molecule has 11 heteroatoms. The summed E-state index contributed by atoms with van der Waals surface area (Å²) in [6, 6.07) is 0. The van der Waals surface area contributed by atoms with Crippen molar-refractivity contribution in [2.45, 2.75) is 18.3 Å². The number of hydrogen-bond acceptors (Lipinski definition) is 7. The van der Waals surface area contributed by atoms with E-state index in [1.807, 2.05) is 0 Å². The SMILES string of the molecule is CP(=O)(O)OP(=O)(O)OC[C@H]1OCC(O)C1O. The van der Waals surface area contributed by atoms with Crippen molar-refractivity contribution >= 4 is 15.4 Å². The second-order valence-corrected chi connectivity index (χ2v) is 7.03. The molecular formula is C6H14O9P2. The summed E-state index contributed by atoms with van der Waals surface area (Å²) in [4.78, 5) is 17.8. The molecule has 0 aromatic carbocycles. The van der Waals surface area contributed by atoms with E-state index in [-0.39, 0.29) is 6.61 Å². The smallest absolute Gasteiger partial charge is 0.388 e. The molecule has 0 spiro atoms. The van der Waals surface area contributed by atoms with Gasteiger partial charge in [-0.05, 0) is 0 Å². The van der Waals surface area contributed by atoms with Crippen LogP contribution in [0.5, 0.6) is 0 Å². The molecule has 0 aromatic heterocycles. The minimum atomic E-state index is -4.70. The summed E-state index contributed by atoms with van der Waals surface area (Å²) in [6.07, 6.45) is -3.35. The fourth-order valence-corrected chi connectivity index (χ4v) is 3.25. The molecule has 9 nitrogen and oxygen atoms in total. The van der Waals surface area contributed by atoms with Crippen LogP contribution in [0.3, 0.4) is 0 Å². The van der Waals surface area contributed by atoms with Gasteiger partial charge < -0.3 is 24.7 Å². The van der Waals surface area contributed by atoms with E-state index in [9.17, 15) is 14.2 Å². The Hall–Kier alpha value is 0.180. The monoisotopic (exact) mass is 292 g/mol. The normalized spacial score (nSPS) is 36.4. The lowest BCUT2D eigenvalue weighted by molar-refractivity contribution is -0.00553. The van der Waals surface area contributed by atoms with Crippen LogP contribution in [-0.4, -0.2) is 58.2 Å². The van der Waals surface area contributed by atoms with Gasteiger partial charge in [0.25, 0.3) is 0 Å². The first-order chi connectivity index (χ1) is 7.61. The standard InChI is InChI=1S/C6H14O9P2/c1-16(9,10)15-17(11,12)14-3-5-6(8)4(7)2-13-5/h4-8H,2-3H2,1H3,(H,9,10)(H,11,12)/t4?,5-,6?/m1/s1. The first-order valence-electron chi connectivity index (χ1n) is 4.57. The van der Waals surface area contributed by atoms with Crippen LogP contribution in [0.15, 0.2) is 0 Å². The summed E-state index contributed by atoms with van der Waals surface area (Å²) in [5.41, 5.74) is 0. The zero-order valence-electron chi connectivity index (χ0n) is 8.87. The molecule has 0 amide bonds. The third kappa shape index (κ3) is 5.13. The predicted molar refractivity (Wildman–Crippen MR) is 54.4 cm³/mol. The number of aliphatic hydroxyl groups is 2. The molecule has 1 saturated heterocycles. The van der Waals surface area contributed by atoms with Gasteiger partial charge in [-0.1, -0.05) is 0 Å². The van der Waals surface area contributed by atoms with Crippen LogP contribution < -0.4 is 0 Å². The predicted octanol–water partition coefficient (Wildman–Crippen LogP) is -0.944. The fourth-order valence-electron chi connectivity index (χ4n) is 1.20. The molecule has 1 aliphatic heterocycles. The van der Waals surface area contributed by atoms with Crippen LogP contribution >= 0.6 is 15.4 Å². The van der Waals surface area contributed by atoms with Crippen molar-refractivity contribution < 1.29 is 42.7 Å². The highest BCUT2D eigenvalue weighted by Gasteiger charge is 2.38. The molecule has 1 heterocycles. The second-order valence-electron chi connectivity index (χ2n) is 3.58. The number of phosphoric ester groups is 1. The number of rotatable bonds is 5. The second kappa shape index (κ2) is 5.44. The van der Waals surface area contributed by atoms with Crippen molar-refractivity contribution in [3.05, 3.63) is 0 Å². The Bertz CT molecular complexity index is 351. The zero-order chi connectivity index (χ0) is 13.3. The van der Waals surface area contributed by atoms with Gasteiger partial charge in [-0.25, -0.2) is 8.88 Å². The van der Waals surface area contributed by atoms with Crippen LogP contribution in [0.4, 0.5) is 0 Å². The van der Waals surface area contributed by atoms with Crippen molar-refractivity contribution in [2.24, 2.45) is 0 Å². The van der Waals surface area contributed by atoms with Gasteiger partial charge in [-0.15, -0.1) is 0 Å². The lowest BCUT2D eigenvalue weighted by Gasteiger charge is -2.18. The highest BCUT2D eigenvalue weighted by molar-refractivity contribution is 7.63. The van der Waals surface area contributed by atoms with E-state index in [4.69, 9.17) is 19.6 Å². The number of aliphatic hydroxyl groups excluding tert-OH is 2. The van der Waals surface area contributed by atoms with Gasteiger partial charge in [-0.3, -0.25) is 9.09 Å².